The molecule has 0 spiro atoms. The third kappa shape index (κ3) is 2.74. The first-order chi connectivity index (χ1) is 8.20. The predicted octanol–water partition coefficient (Wildman–Crippen LogP) is 2.16. The number of nitrogens with zero attached hydrogens (tertiary/aromatic N) is 2. The first-order valence-corrected chi connectivity index (χ1v) is 5.95. The maximum absolute atomic E-state index is 4.52. The van der Waals surface area contributed by atoms with Crippen LogP contribution in [0.25, 0.3) is 11.3 Å². The summed E-state index contributed by atoms with van der Waals surface area (Å²) in [6, 6.07) is 10.7. The lowest BCUT2D eigenvalue weighted by Crippen LogP contribution is -2.10. The van der Waals surface area contributed by atoms with Crippen LogP contribution in [0.1, 0.15) is 11.3 Å². The number of hydrogen-bond acceptors (Lipinski definition) is 2. The number of likely N-dealkylation sites (N-methyl/N-ethyl adjacent to an activating group) is 1. The molecule has 2 aromatic rings. The summed E-state index contributed by atoms with van der Waals surface area (Å²) >= 11 is 0. The van der Waals surface area contributed by atoms with Gasteiger partial charge in [0, 0.05) is 20.0 Å². The molecule has 0 fully saturated rings. The number of aromatic nitrogens is 2. The fraction of sp³-hybridized carbons (Fsp3) is 0.357. The Morgan fingerprint density at radius 1 is 1.24 bits per heavy atom. The highest BCUT2D eigenvalue weighted by Gasteiger charge is 2.06. The Balaban J connectivity index is 2.26. The molecule has 0 atom stereocenters. The second-order valence-electron chi connectivity index (χ2n) is 4.36. The second kappa shape index (κ2) is 5.15. The second-order valence-corrected chi connectivity index (χ2v) is 4.36. The zero-order chi connectivity index (χ0) is 12.3. The zero-order valence-corrected chi connectivity index (χ0v) is 10.7. The molecule has 0 aliphatic heterocycles. The van der Waals surface area contributed by atoms with Crippen LogP contribution in [0.5, 0.6) is 0 Å². The standard InChI is InChI=1S/C14H19N3/c1-11-4-6-12(7-5-11)14-10-13(8-9-15-2)16-17(14)3/h4-7,10,15H,8-9H2,1-3H3. The van der Waals surface area contributed by atoms with Crippen molar-refractivity contribution in [1.82, 2.24) is 15.1 Å². The third-order valence-corrected chi connectivity index (χ3v) is 2.91. The van der Waals surface area contributed by atoms with Crippen LogP contribution >= 0.6 is 0 Å². The van der Waals surface area contributed by atoms with Crippen LogP contribution in [0.2, 0.25) is 0 Å². The van der Waals surface area contributed by atoms with Crippen LogP contribution in [0.3, 0.4) is 0 Å². The lowest BCUT2D eigenvalue weighted by atomic mass is 10.1. The van der Waals surface area contributed by atoms with Crippen LogP contribution in [0, 0.1) is 6.92 Å². The van der Waals surface area contributed by atoms with E-state index in [1.807, 2.05) is 18.8 Å². The summed E-state index contributed by atoms with van der Waals surface area (Å²) in [7, 11) is 3.96. The fourth-order valence-corrected chi connectivity index (χ4v) is 1.90. The Morgan fingerprint density at radius 3 is 2.59 bits per heavy atom. The summed E-state index contributed by atoms with van der Waals surface area (Å²) in [5, 5.41) is 7.67. The van der Waals surface area contributed by atoms with E-state index < -0.39 is 0 Å². The molecule has 1 aromatic carbocycles. The molecule has 0 unspecified atom stereocenters. The van der Waals surface area contributed by atoms with E-state index in [2.05, 4.69) is 47.7 Å². The van der Waals surface area contributed by atoms with Crippen LogP contribution in [-0.4, -0.2) is 23.4 Å². The van der Waals surface area contributed by atoms with Crippen molar-refractivity contribution in [3.05, 3.63) is 41.6 Å². The van der Waals surface area contributed by atoms with Crippen molar-refractivity contribution in [3.8, 4) is 11.3 Å². The molecule has 0 aliphatic rings. The van der Waals surface area contributed by atoms with E-state index in [1.54, 1.807) is 0 Å². The van der Waals surface area contributed by atoms with E-state index in [1.165, 1.54) is 16.8 Å². The van der Waals surface area contributed by atoms with E-state index in [-0.39, 0.29) is 0 Å². The summed E-state index contributed by atoms with van der Waals surface area (Å²) < 4.78 is 1.95. The first-order valence-electron chi connectivity index (χ1n) is 5.95. The maximum Gasteiger partial charge on any atom is 0.0681 e. The lowest BCUT2D eigenvalue weighted by Gasteiger charge is -2.01. The normalized spacial score (nSPS) is 10.8. The number of rotatable bonds is 4. The highest BCUT2D eigenvalue weighted by molar-refractivity contribution is 5.60. The first kappa shape index (κ1) is 11.9. The Kier molecular flexibility index (Phi) is 3.59. The summed E-state index contributed by atoms with van der Waals surface area (Å²) in [6.07, 6.45) is 0.968. The zero-order valence-electron chi connectivity index (χ0n) is 10.7. The van der Waals surface area contributed by atoms with Crippen LogP contribution < -0.4 is 5.32 Å². The Hall–Kier alpha value is -1.61. The van der Waals surface area contributed by atoms with Gasteiger partial charge >= 0.3 is 0 Å². The maximum atomic E-state index is 4.52. The molecule has 0 amide bonds. The quantitative estimate of drug-likeness (QED) is 0.870. The van der Waals surface area contributed by atoms with Gasteiger partial charge in [0.25, 0.3) is 0 Å². The average molecular weight is 229 g/mol. The predicted molar refractivity (Wildman–Crippen MR) is 71.0 cm³/mol. The Morgan fingerprint density at radius 2 is 1.94 bits per heavy atom. The monoisotopic (exact) mass is 229 g/mol. The van der Waals surface area contributed by atoms with Gasteiger partial charge in [-0.15, -0.1) is 0 Å². The Bertz CT molecular complexity index is 483. The molecule has 2 rings (SSSR count). The molecule has 3 nitrogen and oxygen atoms in total. The fourth-order valence-electron chi connectivity index (χ4n) is 1.90. The van der Waals surface area contributed by atoms with E-state index in [0.717, 1.165) is 18.7 Å². The van der Waals surface area contributed by atoms with Gasteiger partial charge in [0.15, 0.2) is 0 Å². The third-order valence-electron chi connectivity index (χ3n) is 2.91. The molecule has 90 valence electrons. The molecule has 0 aliphatic carbocycles. The molecular formula is C14H19N3. The Labute approximate surface area is 102 Å². The van der Waals surface area contributed by atoms with Gasteiger partial charge < -0.3 is 5.32 Å². The molecule has 1 heterocycles. The van der Waals surface area contributed by atoms with Gasteiger partial charge in [0.1, 0.15) is 0 Å². The van der Waals surface area contributed by atoms with Crippen molar-refractivity contribution in [2.24, 2.45) is 7.05 Å². The molecule has 1 N–H and O–H groups in total. The van der Waals surface area contributed by atoms with Gasteiger partial charge in [-0.2, -0.15) is 5.10 Å². The van der Waals surface area contributed by atoms with Crippen molar-refractivity contribution in [1.29, 1.82) is 0 Å². The van der Waals surface area contributed by atoms with Crippen molar-refractivity contribution < 1.29 is 0 Å². The number of hydrogen-bond donors (Lipinski definition) is 1. The lowest BCUT2D eigenvalue weighted by molar-refractivity contribution is 0.720. The molecule has 0 saturated carbocycles. The number of nitrogens with one attached hydrogen (secondary N) is 1. The van der Waals surface area contributed by atoms with Crippen molar-refractivity contribution >= 4 is 0 Å². The smallest absolute Gasteiger partial charge is 0.0681 e. The molecule has 0 bridgehead atoms. The van der Waals surface area contributed by atoms with Gasteiger partial charge in [-0.05, 0) is 25.6 Å². The number of aryl methyl sites for hydroxylation is 2. The highest BCUT2D eigenvalue weighted by atomic mass is 15.3. The van der Waals surface area contributed by atoms with Gasteiger partial charge in [-0.3, -0.25) is 4.68 Å². The topological polar surface area (TPSA) is 29.9 Å². The minimum Gasteiger partial charge on any atom is -0.319 e. The minimum absolute atomic E-state index is 0.963. The minimum atomic E-state index is 0.963. The van der Waals surface area contributed by atoms with Crippen molar-refractivity contribution in [2.75, 3.05) is 13.6 Å². The largest absolute Gasteiger partial charge is 0.319 e. The van der Waals surface area contributed by atoms with Crippen molar-refractivity contribution in [3.63, 3.8) is 0 Å². The van der Waals surface area contributed by atoms with Crippen molar-refractivity contribution in [2.45, 2.75) is 13.3 Å². The van der Waals surface area contributed by atoms with E-state index >= 15 is 0 Å². The van der Waals surface area contributed by atoms with Gasteiger partial charge in [0.05, 0.1) is 11.4 Å². The van der Waals surface area contributed by atoms with Crippen LogP contribution in [0.4, 0.5) is 0 Å². The molecule has 0 radical (unpaired) electrons. The van der Waals surface area contributed by atoms with Gasteiger partial charge in [-0.1, -0.05) is 29.8 Å². The van der Waals surface area contributed by atoms with E-state index in [9.17, 15) is 0 Å². The van der Waals surface area contributed by atoms with E-state index in [0.29, 0.717) is 0 Å². The molecule has 0 saturated heterocycles. The SMILES string of the molecule is CNCCc1cc(-c2ccc(C)cc2)n(C)n1. The van der Waals surface area contributed by atoms with Crippen LogP contribution in [-0.2, 0) is 13.5 Å². The molecule has 3 heteroatoms. The average Bonchev–Trinajstić information content (AvgIpc) is 2.69. The summed E-state index contributed by atoms with van der Waals surface area (Å²) in [5.74, 6) is 0. The molecule has 17 heavy (non-hydrogen) atoms. The summed E-state index contributed by atoms with van der Waals surface area (Å²) in [6.45, 7) is 3.07. The van der Waals surface area contributed by atoms with E-state index in [4.69, 9.17) is 0 Å². The van der Waals surface area contributed by atoms with Gasteiger partial charge in [-0.25, -0.2) is 0 Å². The number of benzene rings is 1. The highest BCUT2D eigenvalue weighted by Crippen LogP contribution is 2.20. The van der Waals surface area contributed by atoms with Gasteiger partial charge in [0.2, 0.25) is 0 Å². The van der Waals surface area contributed by atoms with Crippen LogP contribution in [0.15, 0.2) is 30.3 Å². The molecular weight excluding hydrogens is 210 g/mol. The summed E-state index contributed by atoms with van der Waals surface area (Å²) in [4.78, 5) is 0. The molecule has 1 aromatic heterocycles. The summed E-state index contributed by atoms with van der Waals surface area (Å²) in [5.41, 5.74) is 4.82.